The molecule has 0 spiro atoms. The van der Waals surface area contributed by atoms with Crippen molar-refractivity contribution in [3.63, 3.8) is 0 Å². The molecule has 17 heavy (non-hydrogen) atoms. The molecule has 0 saturated carbocycles. The number of hydrogen-bond donors (Lipinski definition) is 1. The summed E-state index contributed by atoms with van der Waals surface area (Å²) >= 11 is 0. The van der Waals surface area contributed by atoms with Gasteiger partial charge in [-0.25, -0.2) is 0 Å². The van der Waals surface area contributed by atoms with Crippen molar-refractivity contribution in [2.45, 2.75) is 58.3 Å². The number of nitrogens with one attached hydrogen (secondary N) is 1. The Labute approximate surface area is 103 Å². The quantitative estimate of drug-likeness (QED) is 0.859. The lowest BCUT2D eigenvalue weighted by molar-refractivity contribution is -0.0662. The first-order valence-corrected chi connectivity index (χ1v) is 6.17. The Morgan fingerprint density at radius 1 is 1.41 bits per heavy atom. The summed E-state index contributed by atoms with van der Waals surface area (Å²) < 4.78 is 7.95. The van der Waals surface area contributed by atoms with Crippen molar-refractivity contribution in [1.82, 2.24) is 9.78 Å². The van der Waals surface area contributed by atoms with E-state index in [1.807, 2.05) is 11.7 Å². The largest absolute Gasteiger partial charge is 0.367 e. The second kappa shape index (κ2) is 3.73. The SMILES string of the molecule is Cc1cc(NC2CC(C)(C)OC2(C)C)nn1C. The smallest absolute Gasteiger partial charge is 0.148 e. The Morgan fingerprint density at radius 2 is 2.06 bits per heavy atom. The van der Waals surface area contributed by atoms with Crippen LogP contribution in [0.25, 0.3) is 0 Å². The molecule has 2 rings (SSSR count). The Hall–Kier alpha value is -1.03. The Balaban J connectivity index is 2.14. The van der Waals surface area contributed by atoms with Crippen LogP contribution in [0.4, 0.5) is 5.82 Å². The minimum absolute atomic E-state index is 0.0645. The van der Waals surface area contributed by atoms with E-state index >= 15 is 0 Å². The summed E-state index contributed by atoms with van der Waals surface area (Å²) in [5, 5.41) is 7.93. The summed E-state index contributed by atoms with van der Waals surface area (Å²) in [6.07, 6.45) is 0.996. The second-order valence-corrected chi connectivity index (χ2v) is 6.16. The van der Waals surface area contributed by atoms with E-state index in [0.29, 0.717) is 6.04 Å². The normalized spacial score (nSPS) is 26.1. The average Bonchev–Trinajstić information content (AvgIpc) is 2.51. The van der Waals surface area contributed by atoms with E-state index in [4.69, 9.17) is 4.74 Å². The summed E-state index contributed by atoms with van der Waals surface area (Å²) in [5.74, 6) is 0.935. The van der Waals surface area contributed by atoms with E-state index in [1.54, 1.807) is 0 Å². The van der Waals surface area contributed by atoms with Gasteiger partial charge in [0.2, 0.25) is 0 Å². The number of anilines is 1. The fraction of sp³-hybridized carbons (Fsp3) is 0.769. The molecule has 1 atom stereocenters. The molecule has 1 N–H and O–H groups in total. The predicted octanol–water partition coefficient (Wildman–Crippen LogP) is 2.49. The first kappa shape index (κ1) is 12.4. The van der Waals surface area contributed by atoms with E-state index in [0.717, 1.165) is 17.9 Å². The van der Waals surface area contributed by atoms with Gasteiger partial charge < -0.3 is 10.1 Å². The number of aromatic nitrogens is 2. The number of rotatable bonds is 2. The van der Waals surface area contributed by atoms with Crippen molar-refractivity contribution < 1.29 is 4.74 Å². The maximum atomic E-state index is 6.06. The van der Waals surface area contributed by atoms with E-state index in [9.17, 15) is 0 Å². The Bertz CT molecular complexity index is 401. The molecule has 1 aliphatic rings. The van der Waals surface area contributed by atoms with Gasteiger partial charge in [0.25, 0.3) is 0 Å². The van der Waals surface area contributed by atoms with Gasteiger partial charge in [-0.3, -0.25) is 4.68 Å². The van der Waals surface area contributed by atoms with E-state index in [2.05, 4.69) is 51.1 Å². The van der Waals surface area contributed by atoms with E-state index in [-0.39, 0.29) is 11.2 Å². The predicted molar refractivity (Wildman–Crippen MR) is 69.2 cm³/mol. The highest BCUT2D eigenvalue weighted by Crippen LogP contribution is 2.38. The van der Waals surface area contributed by atoms with Gasteiger partial charge in [-0.15, -0.1) is 0 Å². The van der Waals surface area contributed by atoms with Crippen molar-refractivity contribution in [3.05, 3.63) is 11.8 Å². The average molecular weight is 237 g/mol. The fourth-order valence-electron chi connectivity index (χ4n) is 2.60. The van der Waals surface area contributed by atoms with Crippen LogP contribution in [0.1, 0.15) is 39.8 Å². The van der Waals surface area contributed by atoms with Gasteiger partial charge in [0.1, 0.15) is 5.82 Å². The van der Waals surface area contributed by atoms with Gasteiger partial charge in [0, 0.05) is 18.8 Å². The first-order chi connectivity index (χ1) is 7.70. The maximum Gasteiger partial charge on any atom is 0.148 e. The molecule has 1 saturated heterocycles. The topological polar surface area (TPSA) is 39.1 Å². The zero-order valence-electron chi connectivity index (χ0n) is 11.7. The summed E-state index contributed by atoms with van der Waals surface area (Å²) in [6, 6.07) is 2.37. The molecule has 0 bridgehead atoms. The summed E-state index contributed by atoms with van der Waals surface area (Å²) in [7, 11) is 1.96. The first-order valence-electron chi connectivity index (χ1n) is 6.17. The van der Waals surface area contributed by atoms with Crippen molar-refractivity contribution in [1.29, 1.82) is 0 Å². The zero-order valence-corrected chi connectivity index (χ0v) is 11.7. The lowest BCUT2D eigenvalue weighted by Gasteiger charge is -2.27. The third kappa shape index (κ3) is 2.46. The molecule has 0 aromatic carbocycles. The molecule has 4 heteroatoms. The van der Waals surface area contributed by atoms with Gasteiger partial charge in [0.05, 0.1) is 17.2 Å². The van der Waals surface area contributed by atoms with E-state index < -0.39 is 0 Å². The van der Waals surface area contributed by atoms with Crippen LogP contribution in [0.5, 0.6) is 0 Å². The van der Waals surface area contributed by atoms with Gasteiger partial charge in [-0.05, 0) is 41.0 Å². The molecule has 1 unspecified atom stereocenters. The molecule has 1 fully saturated rings. The Morgan fingerprint density at radius 3 is 2.47 bits per heavy atom. The van der Waals surface area contributed by atoms with Crippen molar-refractivity contribution in [2.75, 3.05) is 5.32 Å². The van der Waals surface area contributed by atoms with Gasteiger partial charge in [-0.2, -0.15) is 5.10 Å². The van der Waals surface area contributed by atoms with Gasteiger partial charge in [0.15, 0.2) is 0 Å². The maximum absolute atomic E-state index is 6.06. The zero-order chi connectivity index (χ0) is 12.8. The third-order valence-electron chi connectivity index (χ3n) is 3.51. The highest BCUT2D eigenvalue weighted by Gasteiger charge is 2.46. The standard InChI is InChI=1S/C13H23N3O/c1-9-7-11(15-16(9)6)14-10-8-12(2,3)17-13(10,4)5/h7,10H,8H2,1-6H3,(H,14,15). The van der Waals surface area contributed by atoms with Crippen LogP contribution in [-0.2, 0) is 11.8 Å². The molecule has 0 aliphatic carbocycles. The molecule has 1 aromatic rings. The molecule has 96 valence electrons. The summed E-state index contributed by atoms with van der Waals surface area (Å²) in [6.45, 7) is 10.6. The highest BCUT2D eigenvalue weighted by molar-refractivity contribution is 5.38. The second-order valence-electron chi connectivity index (χ2n) is 6.16. The van der Waals surface area contributed by atoms with Crippen LogP contribution in [0.2, 0.25) is 0 Å². The molecule has 0 radical (unpaired) electrons. The third-order valence-corrected chi connectivity index (χ3v) is 3.51. The van der Waals surface area contributed by atoms with Crippen molar-refractivity contribution in [2.24, 2.45) is 7.05 Å². The Kier molecular flexibility index (Phi) is 2.73. The van der Waals surface area contributed by atoms with Crippen LogP contribution in [0.15, 0.2) is 6.07 Å². The minimum atomic E-state index is -0.158. The molecule has 1 aliphatic heterocycles. The molecule has 0 amide bonds. The number of nitrogens with zero attached hydrogens (tertiary/aromatic N) is 2. The number of ether oxygens (including phenoxy) is 1. The minimum Gasteiger partial charge on any atom is -0.367 e. The van der Waals surface area contributed by atoms with Crippen molar-refractivity contribution in [3.8, 4) is 0 Å². The van der Waals surface area contributed by atoms with Gasteiger partial charge >= 0.3 is 0 Å². The van der Waals surface area contributed by atoms with Crippen LogP contribution in [0, 0.1) is 6.92 Å². The highest BCUT2D eigenvalue weighted by atomic mass is 16.5. The van der Waals surface area contributed by atoms with E-state index in [1.165, 1.54) is 0 Å². The van der Waals surface area contributed by atoms with Crippen LogP contribution < -0.4 is 5.32 Å². The molecular weight excluding hydrogens is 214 g/mol. The lowest BCUT2D eigenvalue weighted by Crippen LogP contribution is -2.38. The lowest BCUT2D eigenvalue weighted by atomic mass is 9.94. The number of aryl methyl sites for hydroxylation is 2. The molecular formula is C13H23N3O. The monoisotopic (exact) mass is 237 g/mol. The van der Waals surface area contributed by atoms with Crippen LogP contribution in [-0.4, -0.2) is 27.0 Å². The number of hydrogen-bond acceptors (Lipinski definition) is 3. The molecule has 2 heterocycles. The van der Waals surface area contributed by atoms with Crippen LogP contribution in [0.3, 0.4) is 0 Å². The fourth-order valence-corrected chi connectivity index (χ4v) is 2.60. The van der Waals surface area contributed by atoms with Crippen molar-refractivity contribution >= 4 is 5.82 Å². The molecule has 1 aromatic heterocycles. The van der Waals surface area contributed by atoms with Gasteiger partial charge in [-0.1, -0.05) is 0 Å². The summed E-state index contributed by atoms with van der Waals surface area (Å²) in [4.78, 5) is 0. The molecule has 4 nitrogen and oxygen atoms in total. The van der Waals surface area contributed by atoms with Crippen LogP contribution >= 0.6 is 0 Å². The summed E-state index contributed by atoms with van der Waals surface area (Å²) in [5.41, 5.74) is 0.934.